The number of rotatable bonds is 33. The van der Waals surface area contributed by atoms with Gasteiger partial charge in [-0.2, -0.15) is 0 Å². The van der Waals surface area contributed by atoms with Gasteiger partial charge in [-0.3, -0.25) is 0 Å². The third-order valence-corrected chi connectivity index (χ3v) is 9.96. The second-order valence-corrected chi connectivity index (χ2v) is 15.3. The molecule has 366 valence electrons. The highest BCUT2D eigenvalue weighted by Gasteiger charge is 2.20. The molecule has 0 saturated heterocycles. The Morgan fingerprint density at radius 2 is 0.623 bits per heavy atom. The monoisotopic (exact) mass is 948 g/mol. The largest absolute Gasteiger partial charge is 0.494 e. The van der Waals surface area contributed by atoms with Crippen molar-refractivity contribution < 1.29 is 71.4 Å². The Balaban J connectivity index is 1.34. The van der Waals surface area contributed by atoms with Gasteiger partial charge in [0.15, 0.2) is 11.5 Å². The summed E-state index contributed by atoms with van der Waals surface area (Å²) in [7, 11) is 0. The molecule has 4 rings (SSSR count). The van der Waals surface area contributed by atoms with Gasteiger partial charge in [0.25, 0.3) is 0 Å². The molecule has 0 N–H and O–H groups in total. The molecule has 0 heterocycles. The molecule has 0 unspecified atom stereocenters. The van der Waals surface area contributed by atoms with E-state index in [9.17, 15) is 28.8 Å². The Hall–Kier alpha value is -7.68. The van der Waals surface area contributed by atoms with E-state index in [0.717, 1.165) is 95.3 Å². The van der Waals surface area contributed by atoms with Crippen molar-refractivity contribution in [1.82, 2.24) is 0 Å². The van der Waals surface area contributed by atoms with E-state index in [0.29, 0.717) is 56.9 Å². The maximum atomic E-state index is 13.5. The van der Waals surface area contributed by atoms with Gasteiger partial charge in [0, 0.05) is 24.3 Å². The van der Waals surface area contributed by atoms with Gasteiger partial charge in [-0.1, -0.05) is 19.7 Å². The predicted molar refractivity (Wildman–Crippen MR) is 256 cm³/mol. The van der Waals surface area contributed by atoms with Gasteiger partial charge in [0.1, 0.15) is 23.0 Å². The van der Waals surface area contributed by atoms with Crippen LogP contribution in [0.3, 0.4) is 0 Å². The summed E-state index contributed by atoms with van der Waals surface area (Å²) in [5.74, 6) is -2.13. The smallest absolute Gasteiger partial charge is 0.343 e. The van der Waals surface area contributed by atoms with Crippen molar-refractivity contribution in [2.24, 2.45) is 0 Å². The standard InChI is InChI=1S/C54H60O15/c1-4-49(55)64-36-16-10-7-13-33-61-43-25-19-40(20-26-43)52(58)67-46-31-32-47(68-53(59)41-21-27-44(28-22-41)62-34-14-8-11-17-37-65-50(56)5-2)48(39-46)69-54(60)42-23-29-45(30-24-42)63-35-15-9-12-18-38-66-51(57)6-3/h4-6,19-32,39H,1-3,7-18,33-38H2. The van der Waals surface area contributed by atoms with Crippen molar-refractivity contribution >= 4 is 35.8 Å². The first-order valence-corrected chi connectivity index (χ1v) is 22.9. The summed E-state index contributed by atoms with van der Waals surface area (Å²) in [6.45, 7) is 12.5. The number of ether oxygens (including phenoxy) is 9. The van der Waals surface area contributed by atoms with Crippen LogP contribution in [0, 0.1) is 0 Å². The molecule has 0 radical (unpaired) electrons. The molecular weight excluding hydrogens is 889 g/mol. The molecule has 15 nitrogen and oxygen atoms in total. The molecule has 69 heavy (non-hydrogen) atoms. The molecular formula is C54H60O15. The van der Waals surface area contributed by atoms with E-state index in [2.05, 4.69) is 19.7 Å². The molecule has 4 aromatic rings. The molecule has 0 fully saturated rings. The van der Waals surface area contributed by atoms with Crippen LogP contribution in [-0.4, -0.2) is 75.5 Å². The molecule has 0 aromatic heterocycles. The SMILES string of the molecule is C=CC(=O)OCCCCCCOc1ccc(C(=O)Oc2ccc(OC(=O)c3ccc(OCCCCCCOC(=O)C=C)cc3)c(OC(=O)c3ccc(OCCCCCCOC(=O)C=C)cc3)c2)cc1. The van der Waals surface area contributed by atoms with Crippen LogP contribution in [0.1, 0.15) is 108 Å². The maximum absolute atomic E-state index is 13.5. The van der Waals surface area contributed by atoms with Crippen LogP contribution in [-0.2, 0) is 28.6 Å². The number of carbonyl (C=O) groups excluding carboxylic acids is 6. The van der Waals surface area contributed by atoms with Gasteiger partial charge in [-0.05, 0) is 162 Å². The van der Waals surface area contributed by atoms with Crippen molar-refractivity contribution in [3.05, 3.63) is 146 Å². The third-order valence-electron chi connectivity index (χ3n) is 9.96. The van der Waals surface area contributed by atoms with Crippen molar-refractivity contribution in [1.29, 1.82) is 0 Å². The van der Waals surface area contributed by atoms with Crippen molar-refractivity contribution in [2.45, 2.75) is 77.0 Å². The molecule has 0 spiro atoms. The van der Waals surface area contributed by atoms with Gasteiger partial charge in [-0.25, -0.2) is 28.8 Å². The number of hydrogen-bond donors (Lipinski definition) is 0. The second-order valence-electron chi connectivity index (χ2n) is 15.3. The fourth-order valence-corrected chi connectivity index (χ4v) is 6.20. The minimum atomic E-state index is -0.776. The van der Waals surface area contributed by atoms with Crippen LogP contribution in [0.2, 0.25) is 0 Å². The van der Waals surface area contributed by atoms with E-state index in [1.807, 2.05) is 0 Å². The zero-order valence-electron chi connectivity index (χ0n) is 38.9. The lowest BCUT2D eigenvalue weighted by atomic mass is 10.2. The summed E-state index contributed by atoms with van der Waals surface area (Å²) in [4.78, 5) is 73.5. The fourth-order valence-electron chi connectivity index (χ4n) is 6.20. The minimum Gasteiger partial charge on any atom is -0.494 e. The van der Waals surface area contributed by atoms with Crippen molar-refractivity contribution in [3.8, 4) is 34.5 Å². The number of unbranched alkanes of at least 4 members (excludes halogenated alkanes) is 9. The van der Waals surface area contributed by atoms with E-state index in [4.69, 9.17) is 42.6 Å². The number of carbonyl (C=O) groups is 6. The highest BCUT2D eigenvalue weighted by molar-refractivity contribution is 5.94. The average molecular weight is 949 g/mol. The van der Waals surface area contributed by atoms with Crippen molar-refractivity contribution in [3.63, 3.8) is 0 Å². The second kappa shape index (κ2) is 31.3. The summed E-state index contributed by atoms with van der Waals surface area (Å²) in [6, 6.07) is 23.2. The predicted octanol–water partition coefficient (Wildman–Crippen LogP) is 10.3. The lowest BCUT2D eigenvalue weighted by Crippen LogP contribution is -2.13. The van der Waals surface area contributed by atoms with E-state index in [1.54, 1.807) is 60.7 Å². The number of benzene rings is 4. The molecule has 0 saturated carbocycles. The number of esters is 6. The molecule has 0 aliphatic heterocycles. The fraction of sp³-hybridized carbons (Fsp3) is 0.333. The first-order chi connectivity index (χ1) is 33.6. The Morgan fingerprint density at radius 3 is 0.957 bits per heavy atom. The zero-order valence-corrected chi connectivity index (χ0v) is 38.9. The van der Waals surface area contributed by atoms with Crippen LogP contribution < -0.4 is 28.4 Å². The molecule has 0 bridgehead atoms. The molecule has 15 heteroatoms. The molecule has 0 atom stereocenters. The Labute approximate surface area is 402 Å². The van der Waals surface area contributed by atoms with E-state index in [1.165, 1.54) is 30.3 Å². The van der Waals surface area contributed by atoms with Gasteiger partial charge < -0.3 is 42.6 Å². The highest BCUT2D eigenvalue weighted by atomic mass is 16.6. The molecule has 0 amide bonds. The summed E-state index contributed by atoms with van der Waals surface area (Å²) in [5.41, 5.74) is 0.607. The summed E-state index contributed by atoms with van der Waals surface area (Å²) < 4.78 is 49.5. The normalized spacial score (nSPS) is 10.4. The van der Waals surface area contributed by atoms with Gasteiger partial charge >= 0.3 is 35.8 Å². The van der Waals surface area contributed by atoms with Gasteiger partial charge in [0.2, 0.25) is 0 Å². The third kappa shape index (κ3) is 21.2. The van der Waals surface area contributed by atoms with Gasteiger partial charge in [-0.15, -0.1) is 0 Å². The Bertz CT molecular complexity index is 2280. The van der Waals surface area contributed by atoms with E-state index in [-0.39, 0.29) is 33.9 Å². The minimum absolute atomic E-state index is 0.0151. The molecule has 0 aliphatic rings. The van der Waals surface area contributed by atoms with Crippen LogP contribution in [0.4, 0.5) is 0 Å². The Morgan fingerprint density at radius 1 is 0.333 bits per heavy atom. The zero-order chi connectivity index (χ0) is 49.5. The first kappa shape index (κ1) is 53.9. The number of hydrogen-bond acceptors (Lipinski definition) is 15. The maximum Gasteiger partial charge on any atom is 0.343 e. The van der Waals surface area contributed by atoms with Gasteiger partial charge in [0.05, 0.1) is 56.3 Å². The lowest BCUT2D eigenvalue weighted by molar-refractivity contribution is -0.138. The van der Waals surface area contributed by atoms with Crippen molar-refractivity contribution in [2.75, 3.05) is 39.6 Å². The topological polar surface area (TPSA) is 185 Å². The summed E-state index contributed by atoms with van der Waals surface area (Å²) >= 11 is 0. The average Bonchev–Trinajstić information content (AvgIpc) is 3.37. The summed E-state index contributed by atoms with van der Waals surface area (Å²) in [5, 5.41) is 0. The first-order valence-electron chi connectivity index (χ1n) is 22.9. The molecule has 0 aliphatic carbocycles. The van der Waals surface area contributed by atoms with Crippen LogP contribution in [0.5, 0.6) is 34.5 Å². The lowest BCUT2D eigenvalue weighted by Gasteiger charge is -2.13. The highest BCUT2D eigenvalue weighted by Crippen LogP contribution is 2.34. The summed E-state index contributed by atoms with van der Waals surface area (Å²) in [6.07, 6.45) is 13.3. The van der Waals surface area contributed by atoms with Crippen LogP contribution >= 0.6 is 0 Å². The Kier molecular flexibility index (Phi) is 24.5. The quantitative estimate of drug-likeness (QED) is 0.0144. The van der Waals surface area contributed by atoms with Crippen LogP contribution in [0.25, 0.3) is 0 Å². The van der Waals surface area contributed by atoms with Crippen LogP contribution in [0.15, 0.2) is 129 Å². The molecule has 4 aromatic carbocycles. The van der Waals surface area contributed by atoms with E-state index < -0.39 is 35.8 Å². The van der Waals surface area contributed by atoms with E-state index >= 15 is 0 Å².